The van der Waals surface area contributed by atoms with Gasteiger partial charge in [0, 0.05) is 23.4 Å². The average molecular weight is 534 g/mol. The standard InChI is InChI=1S/C26H26F3N3O4S/c1-5-37(31-24(33)30-25(2,3)4)23-16-20(32(34)35)13-14-22(23)36-21-8-6-7-18(15-21)17-9-11-19(12-10-17)26(27,28)29/h6-16H,5H2,1-4H3,(H,30,33). The Bertz CT molecular complexity index is 1330. The fourth-order valence-corrected chi connectivity index (χ4v) is 4.69. The van der Waals surface area contributed by atoms with Gasteiger partial charge >= 0.3 is 12.2 Å². The Labute approximate surface area is 214 Å². The number of rotatable bonds is 6. The van der Waals surface area contributed by atoms with E-state index in [-0.39, 0.29) is 11.4 Å². The third-order valence-corrected chi connectivity index (χ3v) is 6.71. The van der Waals surface area contributed by atoms with E-state index < -0.39 is 38.9 Å². The van der Waals surface area contributed by atoms with Gasteiger partial charge in [-0.3, -0.25) is 10.1 Å². The lowest BCUT2D eigenvalue weighted by Crippen LogP contribution is -2.39. The van der Waals surface area contributed by atoms with Crippen molar-refractivity contribution < 1.29 is 27.6 Å². The summed E-state index contributed by atoms with van der Waals surface area (Å²) in [6.07, 6.45) is -4.43. The number of hydrogen-bond donors (Lipinski definition) is 1. The number of urea groups is 1. The monoisotopic (exact) mass is 533 g/mol. The molecule has 0 heterocycles. The first-order chi connectivity index (χ1) is 17.3. The number of nitrogens with zero attached hydrogens (tertiary/aromatic N) is 2. The molecule has 0 fully saturated rings. The minimum Gasteiger partial charge on any atom is -0.456 e. The summed E-state index contributed by atoms with van der Waals surface area (Å²) in [7, 11) is -1.05. The summed E-state index contributed by atoms with van der Waals surface area (Å²) in [4.78, 5) is 23.7. The summed E-state index contributed by atoms with van der Waals surface area (Å²) in [5.41, 5.74) is -0.240. The molecule has 1 unspecified atom stereocenters. The zero-order chi connectivity index (χ0) is 27.4. The highest BCUT2D eigenvalue weighted by Gasteiger charge is 2.30. The van der Waals surface area contributed by atoms with Crippen molar-refractivity contribution in [1.29, 1.82) is 0 Å². The number of non-ortho nitro benzene ring substituents is 1. The fourth-order valence-electron chi connectivity index (χ4n) is 3.31. The van der Waals surface area contributed by atoms with Gasteiger partial charge in [0.05, 0.1) is 15.4 Å². The summed E-state index contributed by atoms with van der Waals surface area (Å²) in [6.45, 7) is 7.26. The normalized spacial score (nSPS) is 12.7. The maximum Gasteiger partial charge on any atom is 0.416 e. The van der Waals surface area contributed by atoms with Crippen LogP contribution in [-0.2, 0) is 16.9 Å². The molecule has 2 amide bonds. The number of hydrogen-bond acceptors (Lipinski definition) is 4. The molecule has 0 aromatic heterocycles. The van der Waals surface area contributed by atoms with Crippen molar-refractivity contribution in [2.75, 3.05) is 5.75 Å². The summed E-state index contributed by atoms with van der Waals surface area (Å²) < 4.78 is 49.0. The molecule has 1 N–H and O–H groups in total. The lowest BCUT2D eigenvalue weighted by Gasteiger charge is -2.19. The van der Waals surface area contributed by atoms with Crippen molar-refractivity contribution in [2.45, 2.75) is 44.3 Å². The smallest absolute Gasteiger partial charge is 0.416 e. The fraction of sp³-hybridized carbons (Fsp3) is 0.269. The van der Waals surface area contributed by atoms with Crippen LogP contribution in [-0.4, -0.2) is 22.2 Å². The van der Waals surface area contributed by atoms with Gasteiger partial charge in [0.15, 0.2) is 0 Å². The molecule has 196 valence electrons. The Kier molecular flexibility index (Phi) is 8.37. The summed E-state index contributed by atoms with van der Waals surface area (Å²) in [6, 6.07) is 15.0. The van der Waals surface area contributed by atoms with Crippen LogP contribution in [0.4, 0.5) is 23.7 Å². The second kappa shape index (κ2) is 11.1. The first kappa shape index (κ1) is 27.9. The van der Waals surface area contributed by atoms with Gasteiger partial charge in [-0.25, -0.2) is 4.79 Å². The molecule has 3 aromatic carbocycles. The predicted octanol–water partition coefficient (Wildman–Crippen LogP) is 7.76. The topological polar surface area (TPSA) is 93.8 Å². The molecule has 37 heavy (non-hydrogen) atoms. The lowest BCUT2D eigenvalue weighted by molar-refractivity contribution is -0.385. The van der Waals surface area contributed by atoms with Gasteiger partial charge in [-0.15, -0.1) is 0 Å². The van der Waals surface area contributed by atoms with Crippen LogP contribution in [0.25, 0.3) is 11.1 Å². The Morgan fingerprint density at radius 1 is 1.03 bits per heavy atom. The molecule has 11 heteroatoms. The van der Waals surface area contributed by atoms with E-state index in [1.54, 1.807) is 24.3 Å². The predicted molar refractivity (Wildman–Crippen MR) is 137 cm³/mol. The Balaban J connectivity index is 1.98. The van der Waals surface area contributed by atoms with Gasteiger partial charge < -0.3 is 10.1 Å². The number of nitro benzene ring substituents is 1. The molecule has 0 radical (unpaired) electrons. The molecule has 0 aliphatic rings. The second-order valence-electron chi connectivity index (χ2n) is 9.02. The molecule has 0 bridgehead atoms. The zero-order valence-corrected chi connectivity index (χ0v) is 21.4. The number of nitrogens with one attached hydrogen (secondary N) is 1. The van der Waals surface area contributed by atoms with E-state index in [2.05, 4.69) is 9.68 Å². The number of nitro groups is 1. The van der Waals surface area contributed by atoms with Crippen LogP contribution in [0.5, 0.6) is 11.5 Å². The number of halogens is 3. The summed E-state index contributed by atoms with van der Waals surface area (Å²) in [5, 5.41) is 14.2. The van der Waals surface area contributed by atoms with E-state index in [0.29, 0.717) is 27.5 Å². The van der Waals surface area contributed by atoms with Crippen LogP contribution in [0.1, 0.15) is 33.3 Å². The molecule has 3 aromatic rings. The molecule has 7 nitrogen and oxygen atoms in total. The minimum atomic E-state index is -4.43. The van der Waals surface area contributed by atoms with Crippen LogP contribution in [0.3, 0.4) is 0 Å². The van der Waals surface area contributed by atoms with Gasteiger partial charge in [-0.1, -0.05) is 41.9 Å². The van der Waals surface area contributed by atoms with E-state index in [1.165, 1.54) is 30.3 Å². The Hall–Kier alpha value is -3.73. The van der Waals surface area contributed by atoms with Gasteiger partial charge in [0.1, 0.15) is 11.5 Å². The number of alkyl halides is 3. The van der Waals surface area contributed by atoms with Crippen LogP contribution < -0.4 is 10.1 Å². The van der Waals surface area contributed by atoms with Crippen molar-refractivity contribution in [2.24, 2.45) is 4.36 Å². The third kappa shape index (κ3) is 7.63. The average Bonchev–Trinajstić information content (AvgIpc) is 2.81. The van der Waals surface area contributed by atoms with E-state index in [4.69, 9.17) is 4.74 Å². The highest BCUT2D eigenvalue weighted by atomic mass is 32.2. The SMILES string of the molecule is CCS(=NC(=O)NC(C)(C)C)c1cc([N+](=O)[O-])ccc1Oc1cccc(-c2ccc(C(F)(F)F)cc2)c1. The number of benzene rings is 3. The van der Waals surface area contributed by atoms with Gasteiger partial charge in [-0.2, -0.15) is 17.5 Å². The lowest BCUT2D eigenvalue weighted by atomic mass is 10.0. The largest absolute Gasteiger partial charge is 0.456 e. The Morgan fingerprint density at radius 3 is 2.27 bits per heavy atom. The van der Waals surface area contributed by atoms with Crippen molar-refractivity contribution in [3.63, 3.8) is 0 Å². The number of amides is 2. The quantitative estimate of drug-likeness (QED) is 0.259. The number of ether oxygens (including phenoxy) is 1. The summed E-state index contributed by atoms with van der Waals surface area (Å²) in [5.74, 6) is 1.06. The molecular formula is C26H26F3N3O4S. The molecule has 1 atom stereocenters. The molecule has 0 spiro atoms. The maximum atomic E-state index is 12.9. The van der Waals surface area contributed by atoms with E-state index in [1.807, 2.05) is 27.7 Å². The second-order valence-corrected chi connectivity index (χ2v) is 10.9. The van der Waals surface area contributed by atoms with Gasteiger partial charge in [0.25, 0.3) is 5.69 Å². The van der Waals surface area contributed by atoms with Crippen LogP contribution in [0.2, 0.25) is 0 Å². The van der Waals surface area contributed by atoms with Crippen LogP contribution in [0.15, 0.2) is 76.0 Å². The number of carbonyl (C=O) groups excluding carboxylic acids is 1. The molecular weight excluding hydrogens is 507 g/mol. The van der Waals surface area contributed by atoms with Crippen molar-refractivity contribution >= 4 is 22.4 Å². The third-order valence-electron chi connectivity index (χ3n) is 4.95. The van der Waals surface area contributed by atoms with Crippen LogP contribution >= 0.6 is 0 Å². The van der Waals surface area contributed by atoms with E-state index in [0.717, 1.165) is 12.1 Å². The van der Waals surface area contributed by atoms with Crippen LogP contribution in [0, 0.1) is 10.1 Å². The molecule has 0 aliphatic heterocycles. The van der Waals surface area contributed by atoms with Crippen molar-refractivity contribution in [3.8, 4) is 22.6 Å². The maximum absolute atomic E-state index is 12.9. The number of carbonyl (C=O) groups is 1. The first-order valence-corrected chi connectivity index (χ1v) is 12.6. The zero-order valence-electron chi connectivity index (χ0n) is 20.6. The van der Waals surface area contributed by atoms with E-state index >= 15 is 0 Å². The first-order valence-electron chi connectivity index (χ1n) is 11.3. The highest BCUT2D eigenvalue weighted by Crippen LogP contribution is 2.35. The van der Waals surface area contributed by atoms with Crippen molar-refractivity contribution in [1.82, 2.24) is 5.32 Å². The van der Waals surface area contributed by atoms with Gasteiger partial charge in [0.2, 0.25) is 0 Å². The minimum absolute atomic E-state index is 0.168. The molecule has 0 saturated carbocycles. The van der Waals surface area contributed by atoms with Crippen molar-refractivity contribution in [3.05, 3.63) is 82.4 Å². The Morgan fingerprint density at radius 2 is 1.70 bits per heavy atom. The molecule has 0 aliphatic carbocycles. The van der Waals surface area contributed by atoms with E-state index in [9.17, 15) is 28.1 Å². The summed E-state index contributed by atoms with van der Waals surface area (Å²) >= 11 is 0. The molecule has 3 rings (SSSR count). The highest BCUT2D eigenvalue weighted by molar-refractivity contribution is 7.87. The van der Waals surface area contributed by atoms with Gasteiger partial charge in [-0.05, 0) is 62.2 Å². The molecule has 0 saturated heterocycles.